The first-order valence-corrected chi connectivity index (χ1v) is 6.78. The Morgan fingerprint density at radius 1 is 1.37 bits per heavy atom. The molecule has 0 aliphatic carbocycles. The molecule has 1 aromatic heterocycles. The van der Waals surface area contributed by atoms with Crippen LogP contribution in [0.4, 0.5) is 11.4 Å². The lowest BCUT2D eigenvalue weighted by Gasteiger charge is -2.31. The van der Waals surface area contributed by atoms with Crippen LogP contribution < -0.4 is 10.6 Å². The van der Waals surface area contributed by atoms with Crippen LogP contribution in [0.15, 0.2) is 24.5 Å². The van der Waals surface area contributed by atoms with E-state index < -0.39 is 0 Å². The number of nitrogens with two attached hydrogens (primary N) is 1. The van der Waals surface area contributed by atoms with Gasteiger partial charge in [-0.3, -0.25) is 0 Å². The van der Waals surface area contributed by atoms with E-state index in [0.29, 0.717) is 0 Å². The van der Waals surface area contributed by atoms with Gasteiger partial charge in [-0.25, -0.2) is 9.67 Å². The summed E-state index contributed by atoms with van der Waals surface area (Å²) in [7, 11) is 0. The molecular formula is C14H19N5. The first kappa shape index (κ1) is 12.0. The van der Waals surface area contributed by atoms with Crippen LogP contribution in [0.5, 0.6) is 0 Å². The molecule has 0 radical (unpaired) electrons. The molecule has 0 spiro atoms. The van der Waals surface area contributed by atoms with Crippen molar-refractivity contribution in [2.24, 2.45) is 0 Å². The van der Waals surface area contributed by atoms with Crippen molar-refractivity contribution in [1.82, 2.24) is 14.8 Å². The first-order chi connectivity index (χ1) is 9.29. The average molecular weight is 257 g/mol. The maximum Gasteiger partial charge on any atom is 0.146 e. The van der Waals surface area contributed by atoms with Gasteiger partial charge in [-0.1, -0.05) is 6.07 Å². The molecule has 0 saturated heterocycles. The molecule has 2 N–H and O–H groups in total. The topological polar surface area (TPSA) is 60.0 Å². The number of hydrogen-bond acceptors (Lipinski definition) is 4. The lowest BCUT2D eigenvalue weighted by atomic mass is 10.00. The van der Waals surface area contributed by atoms with Crippen LogP contribution >= 0.6 is 0 Å². The SMILES string of the molecule is CCn1ncnc1CN1CCCc2c(N)cccc21. The third kappa shape index (κ3) is 2.16. The summed E-state index contributed by atoms with van der Waals surface area (Å²) in [5, 5.41) is 4.23. The number of fused-ring (bicyclic) bond motifs is 1. The van der Waals surface area contributed by atoms with Crippen molar-refractivity contribution in [3.8, 4) is 0 Å². The van der Waals surface area contributed by atoms with Gasteiger partial charge in [0, 0.05) is 24.5 Å². The van der Waals surface area contributed by atoms with Gasteiger partial charge in [0.05, 0.1) is 6.54 Å². The number of hydrogen-bond donors (Lipinski definition) is 1. The van der Waals surface area contributed by atoms with Crippen LogP contribution in [0, 0.1) is 0 Å². The van der Waals surface area contributed by atoms with E-state index in [4.69, 9.17) is 5.73 Å². The molecule has 2 aromatic rings. The fraction of sp³-hybridized carbons (Fsp3) is 0.429. The number of anilines is 2. The monoisotopic (exact) mass is 257 g/mol. The van der Waals surface area contributed by atoms with E-state index in [1.807, 2.05) is 16.8 Å². The summed E-state index contributed by atoms with van der Waals surface area (Å²) in [5.74, 6) is 1.01. The number of benzene rings is 1. The molecule has 100 valence electrons. The number of aryl methyl sites for hydroxylation is 1. The van der Waals surface area contributed by atoms with Crippen LogP contribution in [-0.4, -0.2) is 21.3 Å². The largest absolute Gasteiger partial charge is 0.398 e. The normalized spacial score (nSPS) is 14.5. The van der Waals surface area contributed by atoms with Crippen molar-refractivity contribution in [2.75, 3.05) is 17.2 Å². The van der Waals surface area contributed by atoms with Crippen LogP contribution in [0.3, 0.4) is 0 Å². The minimum Gasteiger partial charge on any atom is -0.398 e. The fourth-order valence-corrected chi connectivity index (χ4v) is 2.74. The highest BCUT2D eigenvalue weighted by Crippen LogP contribution is 2.31. The van der Waals surface area contributed by atoms with Gasteiger partial charge in [0.2, 0.25) is 0 Å². The predicted octanol–water partition coefficient (Wildman–Crippen LogP) is 1.83. The maximum absolute atomic E-state index is 6.07. The standard InChI is InChI=1S/C14H19N5/c1-2-19-14(16-10-17-19)9-18-8-4-5-11-12(15)6-3-7-13(11)18/h3,6-7,10H,2,4-5,8-9,15H2,1H3. The van der Waals surface area contributed by atoms with Crippen molar-refractivity contribution in [3.63, 3.8) is 0 Å². The van der Waals surface area contributed by atoms with Crippen LogP contribution in [0.25, 0.3) is 0 Å². The van der Waals surface area contributed by atoms with E-state index in [9.17, 15) is 0 Å². The highest BCUT2D eigenvalue weighted by Gasteiger charge is 2.20. The first-order valence-electron chi connectivity index (χ1n) is 6.78. The molecule has 2 heterocycles. The lowest BCUT2D eigenvalue weighted by molar-refractivity contribution is 0.590. The van der Waals surface area contributed by atoms with E-state index in [-0.39, 0.29) is 0 Å². The molecule has 0 amide bonds. The smallest absolute Gasteiger partial charge is 0.146 e. The molecule has 0 unspecified atom stereocenters. The number of nitrogen functional groups attached to an aromatic ring is 1. The van der Waals surface area contributed by atoms with E-state index in [0.717, 1.165) is 44.0 Å². The zero-order chi connectivity index (χ0) is 13.2. The Morgan fingerprint density at radius 3 is 3.11 bits per heavy atom. The molecule has 5 heteroatoms. The minimum atomic E-state index is 0.796. The zero-order valence-electron chi connectivity index (χ0n) is 11.2. The molecule has 1 aliphatic heterocycles. The van der Waals surface area contributed by atoms with Crippen LogP contribution in [-0.2, 0) is 19.5 Å². The highest BCUT2D eigenvalue weighted by molar-refractivity contribution is 5.66. The second-order valence-corrected chi connectivity index (χ2v) is 4.86. The Labute approximate surface area is 113 Å². The second kappa shape index (κ2) is 4.91. The molecule has 0 saturated carbocycles. The lowest BCUT2D eigenvalue weighted by Crippen LogP contribution is -2.30. The summed E-state index contributed by atoms with van der Waals surface area (Å²) >= 11 is 0. The average Bonchev–Trinajstić information content (AvgIpc) is 2.87. The Bertz CT molecular complexity index is 575. The summed E-state index contributed by atoms with van der Waals surface area (Å²) in [4.78, 5) is 6.71. The molecule has 0 atom stereocenters. The summed E-state index contributed by atoms with van der Waals surface area (Å²) in [5.41, 5.74) is 9.50. The Kier molecular flexibility index (Phi) is 3.11. The molecule has 3 rings (SSSR count). The van der Waals surface area contributed by atoms with Gasteiger partial charge in [-0.2, -0.15) is 5.10 Å². The van der Waals surface area contributed by atoms with Gasteiger partial charge in [-0.05, 0) is 37.5 Å². The maximum atomic E-state index is 6.07. The number of aromatic nitrogens is 3. The van der Waals surface area contributed by atoms with Gasteiger partial charge >= 0.3 is 0 Å². The molecule has 0 fully saturated rings. The van der Waals surface area contributed by atoms with E-state index in [1.54, 1.807) is 6.33 Å². The molecule has 19 heavy (non-hydrogen) atoms. The minimum absolute atomic E-state index is 0.796. The third-order valence-electron chi connectivity index (χ3n) is 3.71. The van der Waals surface area contributed by atoms with Crippen molar-refractivity contribution in [2.45, 2.75) is 32.9 Å². The van der Waals surface area contributed by atoms with E-state index in [2.05, 4.69) is 28.0 Å². The van der Waals surface area contributed by atoms with E-state index in [1.165, 1.54) is 11.3 Å². The van der Waals surface area contributed by atoms with E-state index >= 15 is 0 Å². The number of rotatable bonds is 3. The van der Waals surface area contributed by atoms with Crippen molar-refractivity contribution >= 4 is 11.4 Å². The van der Waals surface area contributed by atoms with Gasteiger partial charge in [0.25, 0.3) is 0 Å². The van der Waals surface area contributed by atoms with Crippen molar-refractivity contribution < 1.29 is 0 Å². The highest BCUT2D eigenvalue weighted by atomic mass is 15.3. The molecule has 1 aromatic carbocycles. The summed E-state index contributed by atoms with van der Waals surface area (Å²) in [6.45, 7) is 4.78. The van der Waals surface area contributed by atoms with Crippen LogP contribution in [0.1, 0.15) is 24.7 Å². The number of nitrogens with zero attached hydrogens (tertiary/aromatic N) is 4. The summed E-state index contributed by atoms with van der Waals surface area (Å²) < 4.78 is 1.95. The molecular weight excluding hydrogens is 238 g/mol. The third-order valence-corrected chi connectivity index (χ3v) is 3.71. The Morgan fingerprint density at radius 2 is 2.26 bits per heavy atom. The Hall–Kier alpha value is -2.04. The van der Waals surface area contributed by atoms with Crippen molar-refractivity contribution in [1.29, 1.82) is 0 Å². The second-order valence-electron chi connectivity index (χ2n) is 4.86. The summed E-state index contributed by atoms with van der Waals surface area (Å²) in [6, 6.07) is 6.16. The van der Waals surface area contributed by atoms with Gasteiger partial charge < -0.3 is 10.6 Å². The van der Waals surface area contributed by atoms with Gasteiger partial charge in [0.15, 0.2) is 0 Å². The predicted molar refractivity (Wildman–Crippen MR) is 75.9 cm³/mol. The fourth-order valence-electron chi connectivity index (χ4n) is 2.74. The van der Waals surface area contributed by atoms with Gasteiger partial charge in [0.1, 0.15) is 12.2 Å². The molecule has 0 bridgehead atoms. The quantitative estimate of drug-likeness (QED) is 0.852. The Balaban J connectivity index is 1.90. The summed E-state index contributed by atoms with van der Waals surface area (Å²) in [6.07, 6.45) is 3.84. The van der Waals surface area contributed by atoms with Crippen LogP contribution in [0.2, 0.25) is 0 Å². The van der Waals surface area contributed by atoms with Crippen molar-refractivity contribution in [3.05, 3.63) is 35.9 Å². The molecule has 1 aliphatic rings. The van der Waals surface area contributed by atoms with Gasteiger partial charge in [-0.15, -0.1) is 0 Å². The molecule has 5 nitrogen and oxygen atoms in total. The zero-order valence-corrected chi connectivity index (χ0v) is 11.2.